The summed E-state index contributed by atoms with van der Waals surface area (Å²) in [4.78, 5) is 13.4. The maximum absolute atomic E-state index is 11.8. The predicted molar refractivity (Wildman–Crippen MR) is 56.2 cm³/mol. The first-order chi connectivity index (χ1) is 7.19. The van der Waals surface area contributed by atoms with Gasteiger partial charge in [-0.05, 0) is 6.42 Å². The average molecular weight is 214 g/mol. The number of aliphatic hydroxyl groups is 1. The van der Waals surface area contributed by atoms with Crippen LogP contribution in [0.1, 0.15) is 6.42 Å². The zero-order valence-corrected chi connectivity index (χ0v) is 8.76. The van der Waals surface area contributed by atoms with E-state index in [0.29, 0.717) is 26.1 Å². The van der Waals surface area contributed by atoms with Gasteiger partial charge in [-0.15, -0.1) is 6.58 Å². The molecule has 0 saturated carbocycles. The maximum atomic E-state index is 11.8. The molecule has 1 fully saturated rings. The monoisotopic (exact) mass is 214 g/mol. The Balaban J connectivity index is 2.47. The predicted octanol–water partition coefficient (Wildman–Crippen LogP) is -0.890. The van der Waals surface area contributed by atoms with Gasteiger partial charge in [-0.25, -0.2) is 0 Å². The highest BCUT2D eigenvalue weighted by atomic mass is 16.5. The second kappa shape index (κ2) is 5.85. The van der Waals surface area contributed by atoms with E-state index in [4.69, 9.17) is 15.6 Å². The van der Waals surface area contributed by atoms with Crippen molar-refractivity contribution in [3.63, 3.8) is 0 Å². The molecular weight excluding hydrogens is 196 g/mol. The van der Waals surface area contributed by atoms with E-state index in [-0.39, 0.29) is 18.6 Å². The number of nitrogens with zero attached hydrogens (tertiary/aromatic N) is 1. The van der Waals surface area contributed by atoms with Gasteiger partial charge in [-0.2, -0.15) is 0 Å². The summed E-state index contributed by atoms with van der Waals surface area (Å²) in [5, 5.41) is 8.92. The van der Waals surface area contributed by atoms with Crippen molar-refractivity contribution in [2.24, 2.45) is 5.73 Å². The van der Waals surface area contributed by atoms with Crippen LogP contribution in [0, 0.1) is 0 Å². The lowest BCUT2D eigenvalue weighted by Gasteiger charge is -2.33. The fourth-order valence-corrected chi connectivity index (χ4v) is 1.54. The average Bonchev–Trinajstić information content (AvgIpc) is 2.28. The van der Waals surface area contributed by atoms with Gasteiger partial charge < -0.3 is 20.5 Å². The lowest BCUT2D eigenvalue weighted by atomic mass is 10.1. The first-order valence-electron chi connectivity index (χ1n) is 5.06. The van der Waals surface area contributed by atoms with Crippen LogP contribution in [0.4, 0.5) is 0 Å². The normalized spacial score (nSPS) is 23.6. The molecule has 0 aliphatic carbocycles. The Labute approximate surface area is 89.5 Å². The zero-order valence-electron chi connectivity index (χ0n) is 8.76. The first kappa shape index (κ1) is 12.2. The molecule has 86 valence electrons. The second-order valence-corrected chi connectivity index (χ2v) is 3.59. The third-order valence-electron chi connectivity index (χ3n) is 2.39. The fraction of sp³-hybridized carbons (Fsp3) is 0.700. The quantitative estimate of drug-likeness (QED) is 0.595. The molecule has 1 aliphatic heterocycles. The van der Waals surface area contributed by atoms with E-state index in [1.165, 1.54) is 0 Å². The van der Waals surface area contributed by atoms with Crippen LogP contribution < -0.4 is 5.73 Å². The molecule has 0 bridgehead atoms. The summed E-state index contributed by atoms with van der Waals surface area (Å²) in [6.45, 7) is 4.89. The van der Waals surface area contributed by atoms with Crippen molar-refractivity contribution in [3.05, 3.63) is 12.7 Å². The van der Waals surface area contributed by atoms with E-state index < -0.39 is 6.04 Å². The molecule has 0 spiro atoms. The maximum Gasteiger partial charge on any atom is 0.239 e. The molecule has 0 aromatic rings. The van der Waals surface area contributed by atoms with E-state index in [9.17, 15) is 4.79 Å². The Bertz CT molecular complexity index is 233. The highest BCUT2D eigenvalue weighted by molar-refractivity contribution is 5.81. The van der Waals surface area contributed by atoms with Crippen LogP contribution in [0.25, 0.3) is 0 Å². The molecule has 5 heteroatoms. The summed E-state index contributed by atoms with van der Waals surface area (Å²) in [5.41, 5.74) is 5.68. The Morgan fingerprint density at radius 3 is 3.13 bits per heavy atom. The van der Waals surface area contributed by atoms with Crippen LogP contribution in [-0.2, 0) is 9.53 Å². The standard InChI is InChI=1S/C10H18N2O3/c1-2-3-9(11)10(14)12-4-5-15-8(6-12)7-13/h2,8-9,13H,1,3-7,11H2. The molecule has 2 unspecified atom stereocenters. The fourth-order valence-electron chi connectivity index (χ4n) is 1.54. The number of hydrogen-bond donors (Lipinski definition) is 2. The number of amides is 1. The number of carbonyl (C=O) groups is 1. The van der Waals surface area contributed by atoms with Crippen molar-refractivity contribution in [1.82, 2.24) is 4.90 Å². The van der Waals surface area contributed by atoms with Crippen LogP contribution in [0.15, 0.2) is 12.7 Å². The van der Waals surface area contributed by atoms with E-state index in [0.717, 1.165) is 0 Å². The highest BCUT2D eigenvalue weighted by Gasteiger charge is 2.26. The highest BCUT2D eigenvalue weighted by Crippen LogP contribution is 2.07. The number of carbonyl (C=O) groups excluding carboxylic acids is 1. The number of hydrogen-bond acceptors (Lipinski definition) is 4. The van der Waals surface area contributed by atoms with E-state index >= 15 is 0 Å². The summed E-state index contributed by atoms with van der Waals surface area (Å²) in [7, 11) is 0. The molecule has 1 amide bonds. The lowest BCUT2D eigenvalue weighted by Crippen LogP contribution is -2.52. The third kappa shape index (κ3) is 3.30. The van der Waals surface area contributed by atoms with Gasteiger partial charge in [0.05, 0.1) is 25.4 Å². The molecule has 3 N–H and O–H groups in total. The molecular formula is C10H18N2O3. The molecule has 0 aromatic heterocycles. The van der Waals surface area contributed by atoms with Crippen LogP contribution >= 0.6 is 0 Å². The topological polar surface area (TPSA) is 75.8 Å². The van der Waals surface area contributed by atoms with Crippen molar-refractivity contribution in [2.75, 3.05) is 26.3 Å². The second-order valence-electron chi connectivity index (χ2n) is 3.59. The third-order valence-corrected chi connectivity index (χ3v) is 2.39. The minimum absolute atomic E-state index is 0.0690. The number of morpholine rings is 1. The van der Waals surface area contributed by atoms with Crippen molar-refractivity contribution >= 4 is 5.91 Å². The minimum atomic E-state index is -0.528. The Morgan fingerprint density at radius 1 is 1.80 bits per heavy atom. The van der Waals surface area contributed by atoms with Crippen molar-refractivity contribution in [2.45, 2.75) is 18.6 Å². The minimum Gasteiger partial charge on any atom is -0.394 e. The molecule has 1 rings (SSSR count). The summed E-state index contributed by atoms with van der Waals surface area (Å²) in [6.07, 6.45) is 1.82. The first-order valence-corrected chi connectivity index (χ1v) is 5.06. The summed E-state index contributed by atoms with van der Waals surface area (Å²) in [6, 6.07) is -0.528. The molecule has 1 heterocycles. The van der Waals surface area contributed by atoms with Gasteiger partial charge >= 0.3 is 0 Å². The van der Waals surface area contributed by atoms with Crippen molar-refractivity contribution < 1.29 is 14.6 Å². The number of nitrogens with two attached hydrogens (primary N) is 1. The van der Waals surface area contributed by atoms with Crippen LogP contribution in [0.2, 0.25) is 0 Å². The van der Waals surface area contributed by atoms with Gasteiger partial charge in [0, 0.05) is 13.1 Å². The van der Waals surface area contributed by atoms with Gasteiger partial charge in [0.1, 0.15) is 0 Å². The van der Waals surface area contributed by atoms with Crippen LogP contribution in [0.5, 0.6) is 0 Å². The van der Waals surface area contributed by atoms with E-state index in [1.54, 1.807) is 11.0 Å². The lowest BCUT2D eigenvalue weighted by molar-refractivity contribution is -0.141. The number of aliphatic hydroxyl groups excluding tert-OH is 1. The molecule has 5 nitrogen and oxygen atoms in total. The molecule has 0 radical (unpaired) electrons. The van der Waals surface area contributed by atoms with Crippen LogP contribution in [-0.4, -0.2) is 54.4 Å². The van der Waals surface area contributed by atoms with Gasteiger partial charge in [0.25, 0.3) is 0 Å². The number of ether oxygens (including phenoxy) is 1. The van der Waals surface area contributed by atoms with Crippen molar-refractivity contribution in [3.8, 4) is 0 Å². The van der Waals surface area contributed by atoms with Gasteiger partial charge in [0.15, 0.2) is 0 Å². The van der Waals surface area contributed by atoms with E-state index in [2.05, 4.69) is 6.58 Å². The largest absolute Gasteiger partial charge is 0.394 e. The Kier molecular flexibility index (Phi) is 4.74. The zero-order chi connectivity index (χ0) is 11.3. The smallest absolute Gasteiger partial charge is 0.239 e. The molecule has 1 saturated heterocycles. The Morgan fingerprint density at radius 2 is 2.53 bits per heavy atom. The van der Waals surface area contributed by atoms with Gasteiger partial charge in [0.2, 0.25) is 5.91 Å². The summed E-state index contributed by atoms with van der Waals surface area (Å²) >= 11 is 0. The molecule has 0 aromatic carbocycles. The van der Waals surface area contributed by atoms with Gasteiger partial charge in [-0.3, -0.25) is 4.79 Å². The van der Waals surface area contributed by atoms with Crippen molar-refractivity contribution in [1.29, 1.82) is 0 Å². The number of rotatable bonds is 4. The van der Waals surface area contributed by atoms with E-state index in [1.807, 2.05) is 0 Å². The van der Waals surface area contributed by atoms with Gasteiger partial charge in [-0.1, -0.05) is 6.08 Å². The summed E-state index contributed by atoms with van der Waals surface area (Å²) < 4.78 is 5.24. The molecule has 15 heavy (non-hydrogen) atoms. The summed E-state index contributed by atoms with van der Waals surface area (Å²) in [5.74, 6) is -0.100. The molecule has 2 atom stereocenters. The Hall–Kier alpha value is -0.910. The SMILES string of the molecule is C=CCC(N)C(=O)N1CCOC(CO)C1. The molecule has 1 aliphatic rings. The van der Waals surface area contributed by atoms with Crippen LogP contribution in [0.3, 0.4) is 0 Å².